The van der Waals surface area contributed by atoms with Crippen molar-refractivity contribution < 1.29 is 13.9 Å². The number of nitrogens with zero attached hydrogens (tertiary/aromatic N) is 1. The maximum atomic E-state index is 14.1. The van der Waals surface area contributed by atoms with Crippen LogP contribution in [0.4, 0.5) is 9.18 Å². The van der Waals surface area contributed by atoms with Crippen LogP contribution in [0.2, 0.25) is 5.02 Å². The lowest BCUT2D eigenvalue weighted by molar-refractivity contribution is 0.0114. The summed E-state index contributed by atoms with van der Waals surface area (Å²) in [5.74, 6) is -0.412. The Morgan fingerprint density at radius 3 is 2.81 bits per heavy atom. The molecule has 0 bridgehead atoms. The monoisotopic (exact) mass is 314 g/mol. The molecule has 1 heterocycles. The zero-order valence-corrected chi connectivity index (χ0v) is 13.2. The molecule has 1 N–H and O–H groups in total. The fraction of sp³-hybridized carbons (Fsp3) is 0.533. The molecule has 1 unspecified atom stereocenters. The van der Waals surface area contributed by atoms with Gasteiger partial charge in [0.15, 0.2) is 0 Å². The summed E-state index contributed by atoms with van der Waals surface area (Å²) >= 11 is 5.78. The molecule has 0 radical (unpaired) electrons. The number of rotatable bonds is 1. The molecule has 116 valence electrons. The number of carbonyl (C=O) groups excluding carboxylic acids is 1. The van der Waals surface area contributed by atoms with E-state index in [0.717, 1.165) is 0 Å². The van der Waals surface area contributed by atoms with Crippen LogP contribution in [0.15, 0.2) is 18.2 Å². The second-order valence-electron chi connectivity index (χ2n) is 6.06. The number of halogens is 2. The summed E-state index contributed by atoms with van der Waals surface area (Å²) in [6.45, 7) is 7.05. The largest absolute Gasteiger partial charge is 0.444 e. The molecule has 21 heavy (non-hydrogen) atoms. The number of piperazine rings is 1. The summed E-state index contributed by atoms with van der Waals surface area (Å²) in [4.78, 5) is 13.9. The highest BCUT2D eigenvalue weighted by atomic mass is 35.5. The van der Waals surface area contributed by atoms with Gasteiger partial charge in [0.2, 0.25) is 0 Å². The maximum absolute atomic E-state index is 14.1. The molecule has 1 aromatic rings. The molecule has 0 aliphatic carbocycles. The van der Waals surface area contributed by atoms with E-state index in [1.807, 2.05) is 20.8 Å². The zero-order chi connectivity index (χ0) is 15.6. The van der Waals surface area contributed by atoms with E-state index in [-0.39, 0.29) is 0 Å². The molecular weight excluding hydrogens is 295 g/mol. The van der Waals surface area contributed by atoms with E-state index >= 15 is 0 Å². The molecule has 0 saturated carbocycles. The van der Waals surface area contributed by atoms with Crippen molar-refractivity contribution in [1.82, 2.24) is 10.2 Å². The summed E-state index contributed by atoms with van der Waals surface area (Å²) in [7, 11) is 0. The van der Waals surface area contributed by atoms with Crippen LogP contribution in [0, 0.1) is 5.82 Å². The predicted octanol–water partition coefficient (Wildman–Crippen LogP) is 3.36. The van der Waals surface area contributed by atoms with Gasteiger partial charge >= 0.3 is 6.09 Å². The molecule has 2 rings (SSSR count). The lowest BCUT2D eigenvalue weighted by Crippen LogP contribution is -2.50. The van der Waals surface area contributed by atoms with E-state index in [1.54, 1.807) is 17.0 Å². The van der Waals surface area contributed by atoms with Crippen LogP contribution >= 0.6 is 11.6 Å². The van der Waals surface area contributed by atoms with Gasteiger partial charge in [-0.2, -0.15) is 0 Å². The Morgan fingerprint density at radius 1 is 1.48 bits per heavy atom. The van der Waals surface area contributed by atoms with Gasteiger partial charge in [-0.1, -0.05) is 17.7 Å². The number of benzene rings is 1. The SMILES string of the molecule is CC(C)(C)OC(=O)N1CCNCC1c1ccc(Cl)cc1F. The van der Waals surface area contributed by atoms with Gasteiger partial charge < -0.3 is 10.1 Å². The molecular formula is C15H20ClFN2O2. The number of carbonyl (C=O) groups is 1. The van der Waals surface area contributed by atoms with E-state index in [9.17, 15) is 9.18 Å². The summed E-state index contributed by atoms with van der Waals surface area (Å²) in [5, 5.41) is 3.51. The van der Waals surface area contributed by atoms with Crippen LogP contribution < -0.4 is 5.32 Å². The molecule has 1 aromatic carbocycles. The van der Waals surface area contributed by atoms with Crippen LogP contribution in [0.25, 0.3) is 0 Å². The van der Waals surface area contributed by atoms with Crippen LogP contribution in [0.1, 0.15) is 32.4 Å². The van der Waals surface area contributed by atoms with E-state index in [4.69, 9.17) is 16.3 Å². The average molecular weight is 315 g/mol. The number of hydrogen-bond donors (Lipinski definition) is 1. The Labute approximate surface area is 129 Å². The van der Waals surface area contributed by atoms with E-state index in [1.165, 1.54) is 6.07 Å². The molecule has 0 spiro atoms. The number of nitrogens with one attached hydrogen (secondary N) is 1. The Morgan fingerprint density at radius 2 is 2.19 bits per heavy atom. The fourth-order valence-corrected chi connectivity index (χ4v) is 2.45. The first-order valence-electron chi connectivity index (χ1n) is 6.93. The van der Waals surface area contributed by atoms with Gasteiger partial charge in [0.25, 0.3) is 0 Å². The Kier molecular flexibility index (Phi) is 4.74. The highest BCUT2D eigenvalue weighted by molar-refractivity contribution is 6.30. The van der Waals surface area contributed by atoms with Gasteiger partial charge in [-0.3, -0.25) is 4.90 Å². The number of ether oxygens (including phenoxy) is 1. The predicted molar refractivity (Wildman–Crippen MR) is 80.0 cm³/mol. The first-order valence-corrected chi connectivity index (χ1v) is 7.31. The van der Waals surface area contributed by atoms with Gasteiger partial charge in [0, 0.05) is 30.2 Å². The average Bonchev–Trinajstić information content (AvgIpc) is 2.37. The van der Waals surface area contributed by atoms with E-state index < -0.39 is 23.6 Å². The maximum Gasteiger partial charge on any atom is 0.410 e. The summed E-state index contributed by atoms with van der Waals surface area (Å²) in [6, 6.07) is 4.11. The smallest absolute Gasteiger partial charge is 0.410 e. The fourth-order valence-electron chi connectivity index (χ4n) is 2.29. The summed E-state index contributed by atoms with van der Waals surface area (Å²) in [5.41, 5.74) is -0.136. The first kappa shape index (κ1) is 16.0. The Bertz CT molecular complexity index is 531. The standard InChI is InChI=1S/C15H20ClFN2O2/c1-15(2,3)21-14(20)19-7-6-18-9-13(19)11-5-4-10(16)8-12(11)17/h4-5,8,13,18H,6-7,9H2,1-3H3. The normalized spacial score (nSPS) is 19.5. The minimum Gasteiger partial charge on any atom is -0.444 e. The molecule has 0 aromatic heterocycles. The second kappa shape index (κ2) is 6.20. The van der Waals surface area contributed by atoms with E-state index in [2.05, 4.69) is 5.32 Å². The molecule has 1 atom stereocenters. The molecule has 1 fully saturated rings. The van der Waals surface area contributed by atoms with Gasteiger partial charge in [-0.25, -0.2) is 9.18 Å². The third-order valence-corrected chi connectivity index (χ3v) is 3.43. The van der Waals surface area contributed by atoms with Gasteiger partial charge in [0.1, 0.15) is 11.4 Å². The topological polar surface area (TPSA) is 41.6 Å². The van der Waals surface area contributed by atoms with E-state index in [0.29, 0.717) is 30.2 Å². The molecule has 1 aliphatic heterocycles. The lowest BCUT2D eigenvalue weighted by atomic mass is 10.0. The van der Waals surface area contributed by atoms with Crippen LogP contribution in [0.5, 0.6) is 0 Å². The summed E-state index contributed by atoms with van der Waals surface area (Å²) < 4.78 is 19.5. The zero-order valence-electron chi connectivity index (χ0n) is 12.5. The van der Waals surface area contributed by atoms with Crippen molar-refractivity contribution in [3.8, 4) is 0 Å². The molecule has 1 saturated heterocycles. The molecule has 1 aliphatic rings. The Balaban J connectivity index is 2.24. The van der Waals surface area contributed by atoms with Crippen LogP contribution in [-0.2, 0) is 4.74 Å². The van der Waals surface area contributed by atoms with Crippen molar-refractivity contribution in [1.29, 1.82) is 0 Å². The highest BCUT2D eigenvalue weighted by Gasteiger charge is 2.32. The lowest BCUT2D eigenvalue weighted by Gasteiger charge is -2.37. The molecule has 1 amide bonds. The third kappa shape index (κ3) is 4.08. The highest BCUT2D eigenvalue weighted by Crippen LogP contribution is 2.28. The Hall–Kier alpha value is -1.33. The van der Waals surface area contributed by atoms with Crippen molar-refractivity contribution in [3.63, 3.8) is 0 Å². The second-order valence-corrected chi connectivity index (χ2v) is 6.50. The minimum absolute atomic E-state index is 0.337. The van der Waals surface area contributed by atoms with Crippen molar-refractivity contribution in [2.45, 2.75) is 32.4 Å². The number of hydrogen-bond acceptors (Lipinski definition) is 3. The van der Waals surface area contributed by atoms with Crippen molar-refractivity contribution in [2.75, 3.05) is 19.6 Å². The quantitative estimate of drug-likeness (QED) is 0.864. The minimum atomic E-state index is -0.578. The first-order chi connectivity index (χ1) is 9.78. The number of amides is 1. The van der Waals surface area contributed by atoms with Crippen molar-refractivity contribution >= 4 is 17.7 Å². The van der Waals surface area contributed by atoms with Gasteiger partial charge in [-0.15, -0.1) is 0 Å². The third-order valence-electron chi connectivity index (χ3n) is 3.19. The van der Waals surface area contributed by atoms with Crippen molar-refractivity contribution in [3.05, 3.63) is 34.6 Å². The molecule has 4 nitrogen and oxygen atoms in total. The summed E-state index contributed by atoms with van der Waals surface area (Å²) in [6.07, 6.45) is -0.427. The van der Waals surface area contributed by atoms with Crippen molar-refractivity contribution in [2.24, 2.45) is 0 Å². The van der Waals surface area contributed by atoms with Gasteiger partial charge in [0.05, 0.1) is 6.04 Å². The van der Waals surface area contributed by atoms with Crippen LogP contribution in [-0.4, -0.2) is 36.2 Å². The van der Waals surface area contributed by atoms with Crippen LogP contribution in [0.3, 0.4) is 0 Å². The molecule has 6 heteroatoms. The van der Waals surface area contributed by atoms with Gasteiger partial charge in [-0.05, 0) is 32.9 Å².